The quantitative estimate of drug-likeness (QED) is 0.0197. The van der Waals surface area contributed by atoms with Crippen LogP contribution >= 0.6 is 7.82 Å². The normalized spacial score (nSPS) is 14.4. The zero-order chi connectivity index (χ0) is 54.1. The van der Waals surface area contributed by atoms with Crippen molar-refractivity contribution in [2.45, 2.75) is 213 Å². The van der Waals surface area contributed by atoms with E-state index < -0.39 is 64.4 Å². The van der Waals surface area contributed by atoms with Crippen LogP contribution in [0.4, 0.5) is 0 Å². The number of hydrogen-bond donors (Lipinski definition) is 2. The Balaban J connectivity index is 4.94. The molecule has 0 aliphatic rings. The standard InChI is InChI=1S/C62H99O11P/c1-4-7-10-13-16-19-22-25-27-28-29-30-32-35-38-41-44-47-50-53-62(66)73-59(55-69-60(64)51-48-45-42-39-36-34-31-26-23-20-17-14-11-8-5-2)57-71-74(67,68)70-56-58(54-63)72-61(65)52-49-46-43-40-37-33-24-21-18-15-12-9-6-3/h7-8,10-11,16-17,19-21,24-27,29-31,35-36,38-39,44,47,58-59,63H,4-6,9,12-15,18,22-23,28,32-34,37,40-43,45-46,48-57H2,1-3H3,(H,67,68)/b10-7-,11-8-,19-16-,20-17-,24-21-,27-25-,30-29-,31-26-,38-35-,39-36-,47-44-. The predicted octanol–water partition coefficient (Wildman–Crippen LogP) is 16.6. The molecule has 0 radical (unpaired) electrons. The Kier molecular flexibility index (Phi) is 51.6. The first-order valence-corrected chi connectivity index (χ1v) is 29.6. The SMILES string of the molecule is CC/C=C\C/C=C\C/C=C\C/C=C\C/C=C\C/C=C\CCC(=O)OC(COC(=O)CCCC/C=C\C/C=C\C/C=C\C/C=C\CC)COP(=O)(O)OCC(CO)OC(=O)CCCCCCC/C=C\CCCCCC. The van der Waals surface area contributed by atoms with Gasteiger partial charge in [-0.2, -0.15) is 0 Å². The molecule has 74 heavy (non-hydrogen) atoms. The van der Waals surface area contributed by atoms with Gasteiger partial charge in [-0.05, 0) is 122 Å². The lowest BCUT2D eigenvalue weighted by Gasteiger charge is -2.21. The minimum atomic E-state index is -4.79. The Morgan fingerprint density at radius 3 is 1.20 bits per heavy atom. The van der Waals surface area contributed by atoms with Crippen LogP contribution < -0.4 is 0 Å². The summed E-state index contributed by atoms with van der Waals surface area (Å²) in [6.45, 7) is 4.23. The van der Waals surface area contributed by atoms with Crippen molar-refractivity contribution in [2.24, 2.45) is 0 Å². The number of rotatable bonds is 50. The van der Waals surface area contributed by atoms with Gasteiger partial charge in [0.2, 0.25) is 0 Å². The average Bonchev–Trinajstić information content (AvgIpc) is 3.39. The highest BCUT2D eigenvalue weighted by atomic mass is 31.2. The molecular weight excluding hydrogens is 952 g/mol. The summed E-state index contributed by atoms with van der Waals surface area (Å²) >= 11 is 0. The van der Waals surface area contributed by atoms with Gasteiger partial charge in [0, 0.05) is 19.3 Å². The van der Waals surface area contributed by atoms with Crippen LogP contribution in [-0.4, -0.2) is 66.5 Å². The van der Waals surface area contributed by atoms with Crippen molar-refractivity contribution in [3.05, 3.63) is 134 Å². The van der Waals surface area contributed by atoms with Crippen LogP contribution in [0, 0.1) is 0 Å². The molecule has 11 nitrogen and oxygen atoms in total. The van der Waals surface area contributed by atoms with E-state index in [-0.39, 0.29) is 19.3 Å². The third-order valence-electron chi connectivity index (χ3n) is 11.1. The highest BCUT2D eigenvalue weighted by Crippen LogP contribution is 2.43. The van der Waals surface area contributed by atoms with E-state index in [1.54, 1.807) is 0 Å². The Bertz CT molecular complexity index is 1750. The molecule has 0 heterocycles. The van der Waals surface area contributed by atoms with Gasteiger partial charge in [-0.15, -0.1) is 0 Å². The summed E-state index contributed by atoms with van der Waals surface area (Å²) in [5.74, 6) is -1.64. The van der Waals surface area contributed by atoms with Crippen molar-refractivity contribution >= 4 is 25.7 Å². The van der Waals surface area contributed by atoms with E-state index in [0.717, 1.165) is 109 Å². The van der Waals surface area contributed by atoms with E-state index >= 15 is 0 Å². The summed E-state index contributed by atoms with van der Waals surface area (Å²) in [5, 5.41) is 9.80. The zero-order valence-electron chi connectivity index (χ0n) is 46.0. The van der Waals surface area contributed by atoms with Crippen molar-refractivity contribution in [1.29, 1.82) is 0 Å². The van der Waals surface area contributed by atoms with Gasteiger partial charge in [-0.1, -0.05) is 193 Å². The second-order valence-corrected chi connectivity index (χ2v) is 19.4. The molecule has 2 N–H and O–H groups in total. The molecule has 0 spiro atoms. The fraction of sp³-hybridized carbons (Fsp3) is 0.597. The van der Waals surface area contributed by atoms with Crippen LogP contribution in [0.1, 0.15) is 201 Å². The first-order valence-electron chi connectivity index (χ1n) is 28.1. The van der Waals surface area contributed by atoms with Gasteiger partial charge >= 0.3 is 25.7 Å². The van der Waals surface area contributed by atoms with Crippen molar-refractivity contribution in [3.63, 3.8) is 0 Å². The molecule has 12 heteroatoms. The van der Waals surface area contributed by atoms with Crippen molar-refractivity contribution in [3.8, 4) is 0 Å². The molecule has 3 atom stereocenters. The molecule has 0 amide bonds. The molecule has 0 fully saturated rings. The van der Waals surface area contributed by atoms with Gasteiger partial charge in [0.1, 0.15) is 12.7 Å². The molecule has 418 valence electrons. The summed E-state index contributed by atoms with van der Waals surface area (Å²) in [5.41, 5.74) is 0. The lowest BCUT2D eigenvalue weighted by atomic mass is 10.1. The number of ether oxygens (including phenoxy) is 3. The number of unbranched alkanes of at least 4 members (excludes halogenated alkanes) is 11. The van der Waals surface area contributed by atoms with E-state index in [2.05, 4.69) is 142 Å². The van der Waals surface area contributed by atoms with Gasteiger partial charge in [-0.25, -0.2) is 4.57 Å². The lowest BCUT2D eigenvalue weighted by molar-refractivity contribution is -0.161. The Labute approximate surface area is 449 Å². The first kappa shape index (κ1) is 69.6. The fourth-order valence-corrected chi connectivity index (χ4v) is 7.62. The van der Waals surface area contributed by atoms with E-state index in [9.17, 15) is 28.9 Å². The second kappa shape index (κ2) is 54.9. The van der Waals surface area contributed by atoms with Crippen LogP contribution in [0.3, 0.4) is 0 Å². The number of aliphatic hydroxyl groups excluding tert-OH is 1. The minimum absolute atomic E-state index is 0.0254. The second-order valence-electron chi connectivity index (χ2n) is 18.0. The van der Waals surface area contributed by atoms with Crippen LogP contribution in [0.5, 0.6) is 0 Å². The molecule has 3 unspecified atom stereocenters. The maximum Gasteiger partial charge on any atom is 0.472 e. The highest BCUT2D eigenvalue weighted by molar-refractivity contribution is 7.47. The summed E-state index contributed by atoms with van der Waals surface area (Å²) in [6, 6.07) is 0. The maximum absolute atomic E-state index is 12.9. The van der Waals surface area contributed by atoms with Gasteiger partial charge in [-0.3, -0.25) is 23.4 Å². The topological polar surface area (TPSA) is 155 Å². The van der Waals surface area contributed by atoms with Crippen molar-refractivity contribution in [2.75, 3.05) is 26.4 Å². The van der Waals surface area contributed by atoms with E-state index in [0.29, 0.717) is 25.7 Å². The average molecular weight is 1050 g/mol. The van der Waals surface area contributed by atoms with Crippen LogP contribution in [0.25, 0.3) is 0 Å². The number of esters is 3. The molecule has 0 aliphatic heterocycles. The molecule has 0 aromatic rings. The summed E-state index contributed by atoms with van der Waals surface area (Å²) < 4.78 is 39.3. The van der Waals surface area contributed by atoms with E-state index in [1.165, 1.54) is 25.7 Å². The predicted molar refractivity (Wildman–Crippen MR) is 306 cm³/mol. The number of allylic oxidation sites excluding steroid dienone is 22. The van der Waals surface area contributed by atoms with E-state index in [1.807, 2.05) is 12.2 Å². The lowest BCUT2D eigenvalue weighted by Crippen LogP contribution is -2.30. The maximum atomic E-state index is 12.9. The smallest absolute Gasteiger partial charge is 0.462 e. The molecule has 0 aromatic heterocycles. The third-order valence-corrected chi connectivity index (χ3v) is 12.0. The van der Waals surface area contributed by atoms with Gasteiger partial charge < -0.3 is 24.2 Å². The van der Waals surface area contributed by atoms with Crippen molar-refractivity contribution < 1.29 is 52.2 Å². The van der Waals surface area contributed by atoms with Gasteiger partial charge in [0.05, 0.1) is 19.8 Å². The van der Waals surface area contributed by atoms with Gasteiger partial charge in [0.25, 0.3) is 0 Å². The molecule has 0 aromatic carbocycles. The molecule has 0 rings (SSSR count). The highest BCUT2D eigenvalue weighted by Gasteiger charge is 2.28. The zero-order valence-corrected chi connectivity index (χ0v) is 46.9. The van der Waals surface area contributed by atoms with Crippen molar-refractivity contribution in [1.82, 2.24) is 0 Å². The third kappa shape index (κ3) is 52.5. The Hall–Kier alpha value is -4.38. The van der Waals surface area contributed by atoms with Gasteiger partial charge in [0.15, 0.2) is 6.10 Å². The number of phosphoric ester groups is 1. The van der Waals surface area contributed by atoms with Crippen LogP contribution in [0.2, 0.25) is 0 Å². The largest absolute Gasteiger partial charge is 0.472 e. The summed E-state index contributed by atoms with van der Waals surface area (Å²) in [6.07, 6.45) is 68.6. The molecule has 0 aliphatic carbocycles. The first-order chi connectivity index (χ1) is 36.2. The molecule has 0 saturated heterocycles. The number of carbonyl (C=O) groups is 3. The molecular formula is C62H99O11P. The number of hydrogen-bond acceptors (Lipinski definition) is 10. The summed E-state index contributed by atoms with van der Waals surface area (Å²) in [4.78, 5) is 48.4. The van der Waals surface area contributed by atoms with Crippen LogP contribution in [0.15, 0.2) is 134 Å². The number of carbonyl (C=O) groups excluding carboxylic acids is 3. The number of aliphatic hydroxyl groups is 1. The fourth-order valence-electron chi connectivity index (χ4n) is 6.84. The monoisotopic (exact) mass is 1050 g/mol. The Morgan fingerprint density at radius 2 is 0.730 bits per heavy atom. The molecule has 0 bridgehead atoms. The Morgan fingerprint density at radius 1 is 0.392 bits per heavy atom. The minimum Gasteiger partial charge on any atom is -0.462 e. The van der Waals surface area contributed by atoms with Crippen LogP contribution in [-0.2, 0) is 42.2 Å². The van der Waals surface area contributed by atoms with E-state index in [4.69, 9.17) is 23.3 Å². The summed E-state index contributed by atoms with van der Waals surface area (Å²) in [7, 11) is -4.79. The molecule has 0 saturated carbocycles. The number of phosphoric acid groups is 1.